The first-order valence-electron chi connectivity index (χ1n) is 4.25. The summed E-state index contributed by atoms with van der Waals surface area (Å²) in [6, 6.07) is 0. The minimum absolute atomic E-state index is 0. The molecule has 1 nitrogen and oxygen atoms in total. The Kier molecular flexibility index (Phi) is 8.36. The highest BCUT2D eigenvalue weighted by Crippen LogP contribution is 2.15. The van der Waals surface area contributed by atoms with Gasteiger partial charge in [-0.05, 0) is 38.9 Å². The standard InChI is InChI=1S/C8H15BrClN.BrH/c9-4-1-5-11-6-2-8(10)3-7-11;/h8H,1-7H2;1H. The Morgan fingerprint density at radius 2 is 1.92 bits per heavy atom. The number of rotatable bonds is 3. The van der Waals surface area contributed by atoms with Gasteiger partial charge in [0.05, 0.1) is 0 Å². The normalized spacial score (nSPS) is 20.5. The van der Waals surface area contributed by atoms with E-state index < -0.39 is 0 Å². The molecule has 1 aliphatic rings. The molecule has 1 heterocycles. The van der Waals surface area contributed by atoms with E-state index in [2.05, 4.69) is 20.8 Å². The first-order valence-corrected chi connectivity index (χ1v) is 5.81. The molecule has 0 radical (unpaired) electrons. The number of halogens is 3. The number of likely N-dealkylation sites (tertiary alicyclic amines) is 1. The second-order valence-electron chi connectivity index (χ2n) is 3.06. The molecular formula is C8H16Br2ClN. The van der Waals surface area contributed by atoms with Crippen LogP contribution in [0.2, 0.25) is 0 Å². The summed E-state index contributed by atoms with van der Waals surface area (Å²) in [4.78, 5) is 2.50. The summed E-state index contributed by atoms with van der Waals surface area (Å²) in [7, 11) is 0. The third kappa shape index (κ3) is 5.05. The van der Waals surface area contributed by atoms with Crippen LogP contribution in [0, 0.1) is 0 Å². The summed E-state index contributed by atoms with van der Waals surface area (Å²) in [5, 5.41) is 1.56. The minimum atomic E-state index is 0. The highest BCUT2D eigenvalue weighted by Gasteiger charge is 2.15. The largest absolute Gasteiger partial charge is 0.303 e. The van der Waals surface area contributed by atoms with Crippen LogP contribution in [0.3, 0.4) is 0 Å². The Hall–Kier alpha value is 1.21. The van der Waals surface area contributed by atoms with Gasteiger partial charge in [0.15, 0.2) is 0 Å². The quantitative estimate of drug-likeness (QED) is 0.722. The van der Waals surface area contributed by atoms with Crippen LogP contribution >= 0.6 is 44.5 Å². The first-order chi connectivity index (χ1) is 5.33. The van der Waals surface area contributed by atoms with Crippen molar-refractivity contribution in [1.29, 1.82) is 0 Å². The van der Waals surface area contributed by atoms with E-state index in [1.54, 1.807) is 0 Å². The van der Waals surface area contributed by atoms with Crippen molar-refractivity contribution < 1.29 is 0 Å². The van der Waals surface area contributed by atoms with Crippen molar-refractivity contribution in [3.8, 4) is 0 Å². The van der Waals surface area contributed by atoms with Gasteiger partial charge in [-0.3, -0.25) is 0 Å². The molecule has 0 bridgehead atoms. The van der Waals surface area contributed by atoms with Crippen molar-refractivity contribution in [3.05, 3.63) is 0 Å². The lowest BCUT2D eigenvalue weighted by Gasteiger charge is -2.28. The number of hydrogen-bond donors (Lipinski definition) is 0. The van der Waals surface area contributed by atoms with Gasteiger partial charge in [0, 0.05) is 10.7 Å². The molecule has 0 spiro atoms. The molecule has 0 saturated carbocycles. The van der Waals surface area contributed by atoms with Gasteiger partial charge in [0.1, 0.15) is 0 Å². The van der Waals surface area contributed by atoms with Gasteiger partial charge in [-0.2, -0.15) is 0 Å². The van der Waals surface area contributed by atoms with Crippen molar-refractivity contribution in [2.45, 2.75) is 24.6 Å². The molecule has 1 fully saturated rings. The van der Waals surface area contributed by atoms with E-state index in [9.17, 15) is 0 Å². The van der Waals surface area contributed by atoms with Crippen molar-refractivity contribution in [2.24, 2.45) is 0 Å². The predicted molar refractivity (Wildman–Crippen MR) is 64.0 cm³/mol. The van der Waals surface area contributed by atoms with E-state index in [1.165, 1.54) is 38.9 Å². The van der Waals surface area contributed by atoms with E-state index in [-0.39, 0.29) is 17.0 Å². The zero-order chi connectivity index (χ0) is 8.10. The topological polar surface area (TPSA) is 3.24 Å². The summed E-state index contributed by atoms with van der Waals surface area (Å²) in [6.07, 6.45) is 3.60. The molecule has 74 valence electrons. The molecule has 12 heavy (non-hydrogen) atoms. The van der Waals surface area contributed by atoms with Gasteiger partial charge in [-0.15, -0.1) is 28.6 Å². The van der Waals surface area contributed by atoms with E-state index in [0.29, 0.717) is 5.38 Å². The highest BCUT2D eigenvalue weighted by atomic mass is 79.9. The van der Waals surface area contributed by atoms with Crippen LogP contribution in [0.25, 0.3) is 0 Å². The lowest BCUT2D eigenvalue weighted by atomic mass is 10.1. The molecule has 0 aromatic heterocycles. The Balaban J connectivity index is 0.00000121. The fraction of sp³-hybridized carbons (Fsp3) is 1.00. The Bertz CT molecular complexity index is 102. The molecule has 0 unspecified atom stereocenters. The van der Waals surface area contributed by atoms with Crippen LogP contribution in [-0.4, -0.2) is 35.2 Å². The maximum absolute atomic E-state index is 5.98. The molecule has 1 aliphatic heterocycles. The third-order valence-electron chi connectivity index (χ3n) is 2.13. The molecule has 1 rings (SSSR count). The van der Waals surface area contributed by atoms with Crippen LogP contribution in [0.5, 0.6) is 0 Å². The van der Waals surface area contributed by atoms with E-state index in [1.807, 2.05) is 0 Å². The van der Waals surface area contributed by atoms with Crippen molar-refractivity contribution >= 4 is 44.5 Å². The van der Waals surface area contributed by atoms with Gasteiger partial charge in [0.25, 0.3) is 0 Å². The number of nitrogens with zero attached hydrogens (tertiary/aromatic N) is 1. The maximum Gasteiger partial charge on any atom is 0.0360 e. The summed E-state index contributed by atoms with van der Waals surface area (Å²) < 4.78 is 0. The second kappa shape index (κ2) is 7.60. The fourth-order valence-corrected chi connectivity index (χ4v) is 1.85. The lowest BCUT2D eigenvalue weighted by molar-refractivity contribution is 0.232. The van der Waals surface area contributed by atoms with Crippen LogP contribution in [0.1, 0.15) is 19.3 Å². The Morgan fingerprint density at radius 1 is 1.33 bits per heavy atom. The van der Waals surface area contributed by atoms with E-state index >= 15 is 0 Å². The summed E-state index contributed by atoms with van der Waals surface area (Å²) in [5.41, 5.74) is 0. The molecule has 1 saturated heterocycles. The monoisotopic (exact) mass is 319 g/mol. The average Bonchev–Trinajstić information content (AvgIpc) is 2.04. The average molecular weight is 321 g/mol. The molecule has 0 aromatic rings. The summed E-state index contributed by atoms with van der Waals surface area (Å²) in [6.45, 7) is 3.62. The smallest absolute Gasteiger partial charge is 0.0360 e. The van der Waals surface area contributed by atoms with Gasteiger partial charge in [-0.25, -0.2) is 0 Å². The number of piperidine rings is 1. The molecule has 4 heteroatoms. The van der Waals surface area contributed by atoms with Crippen molar-refractivity contribution in [3.63, 3.8) is 0 Å². The van der Waals surface area contributed by atoms with Gasteiger partial charge in [-0.1, -0.05) is 15.9 Å². The summed E-state index contributed by atoms with van der Waals surface area (Å²) in [5.74, 6) is 0. The predicted octanol–water partition coefficient (Wildman–Crippen LogP) is 3.05. The number of alkyl halides is 2. The maximum atomic E-state index is 5.98. The molecule has 0 N–H and O–H groups in total. The van der Waals surface area contributed by atoms with E-state index in [4.69, 9.17) is 11.6 Å². The first kappa shape index (κ1) is 13.2. The number of hydrogen-bond acceptors (Lipinski definition) is 1. The van der Waals surface area contributed by atoms with Crippen molar-refractivity contribution in [1.82, 2.24) is 4.90 Å². The summed E-state index contributed by atoms with van der Waals surface area (Å²) >= 11 is 9.42. The van der Waals surface area contributed by atoms with Crippen LogP contribution in [0.15, 0.2) is 0 Å². The van der Waals surface area contributed by atoms with Crippen LogP contribution < -0.4 is 0 Å². The second-order valence-corrected chi connectivity index (χ2v) is 4.47. The Morgan fingerprint density at radius 3 is 2.42 bits per heavy atom. The van der Waals surface area contributed by atoms with Gasteiger partial charge < -0.3 is 4.90 Å². The van der Waals surface area contributed by atoms with Crippen LogP contribution in [0.4, 0.5) is 0 Å². The molecular weight excluding hydrogens is 305 g/mol. The fourth-order valence-electron chi connectivity index (χ4n) is 1.41. The molecule has 0 aliphatic carbocycles. The Labute approximate surface area is 98.7 Å². The molecule has 0 atom stereocenters. The molecule has 0 aromatic carbocycles. The highest BCUT2D eigenvalue weighted by molar-refractivity contribution is 9.09. The van der Waals surface area contributed by atoms with Gasteiger partial charge in [0.2, 0.25) is 0 Å². The van der Waals surface area contributed by atoms with E-state index in [0.717, 1.165) is 5.33 Å². The third-order valence-corrected chi connectivity index (χ3v) is 3.12. The lowest BCUT2D eigenvalue weighted by Crippen LogP contribution is -2.34. The SMILES string of the molecule is Br.ClC1CCN(CCCBr)CC1. The van der Waals surface area contributed by atoms with Crippen LogP contribution in [-0.2, 0) is 0 Å². The molecule has 0 amide bonds. The van der Waals surface area contributed by atoms with Gasteiger partial charge >= 0.3 is 0 Å². The zero-order valence-electron chi connectivity index (χ0n) is 7.14. The minimum Gasteiger partial charge on any atom is -0.303 e. The van der Waals surface area contributed by atoms with Crippen molar-refractivity contribution in [2.75, 3.05) is 25.0 Å². The zero-order valence-corrected chi connectivity index (χ0v) is 11.2.